The molecule has 0 fully saturated rings. The molecule has 22 heavy (non-hydrogen) atoms. The molecule has 4 nitrogen and oxygen atoms in total. The number of nitrogens with zero attached hydrogens (tertiary/aromatic N) is 2. The van der Waals surface area contributed by atoms with Gasteiger partial charge in [0.1, 0.15) is 12.0 Å². The predicted molar refractivity (Wildman–Crippen MR) is 88.1 cm³/mol. The van der Waals surface area contributed by atoms with Crippen molar-refractivity contribution in [2.24, 2.45) is 4.99 Å². The molecule has 1 aromatic carbocycles. The van der Waals surface area contributed by atoms with Gasteiger partial charge < -0.3 is 10.1 Å². The van der Waals surface area contributed by atoms with Gasteiger partial charge in [0.25, 0.3) is 0 Å². The second kappa shape index (κ2) is 7.67. The Hall–Kier alpha value is -1.50. The van der Waals surface area contributed by atoms with Gasteiger partial charge in [0.15, 0.2) is 10.8 Å². The van der Waals surface area contributed by atoms with E-state index in [2.05, 4.69) is 15.3 Å². The molecule has 2 rings (SSSR count). The number of benzene rings is 1. The van der Waals surface area contributed by atoms with Gasteiger partial charge >= 0.3 is 0 Å². The van der Waals surface area contributed by atoms with Crippen LogP contribution in [-0.2, 0) is 4.74 Å². The monoisotopic (exact) mass is 341 g/mol. The Balaban J connectivity index is 2.31. The third kappa shape index (κ3) is 4.25. The van der Waals surface area contributed by atoms with Gasteiger partial charge in [0.05, 0.1) is 6.04 Å². The van der Waals surface area contributed by atoms with Crippen molar-refractivity contribution in [3.8, 4) is 0 Å². The summed E-state index contributed by atoms with van der Waals surface area (Å²) in [5.41, 5.74) is 0.754. The quantitative estimate of drug-likeness (QED) is 0.507. The van der Waals surface area contributed by atoms with E-state index < -0.39 is 0 Å². The SMILES string of the molecule is COC(C)NC(=N[C@H](C)c1ccc(F)cc1Cl)c1nccs1. The molecule has 0 saturated heterocycles. The van der Waals surface area contributed by atoms with Crippen molar-refractivity contribution >= 4 is 28.8 Å². The van der Waals surface area contributed by atoms with Gasteiger partial charge in [0.2, 0.25) is 0 Å². The van der Waals surface area contributed by atoms with Crippen LogP contribution in [0.25, 0.3) is 0 Å². The van der Waals surface area contributed by atoms with Crippen LogP contribution in [0.3, 0.4) is 0 Å². The third-order valence-electron chi connectivity index (χ3n) is 3.06. The van der Waals surface area contributed by atoms with E-state index in [9.17, 15) is 4.39 Å². The van der Waals surface area contributed by atoms with Crippen LogP contribution in [0.15, 0.2) is 34.8 Å². The summed E-state index contributed by atoms with van der Waals surface area (Å²) in [5.74, 6) is 0.258. The molecule has 7 heteroatoms. The summed E-state index contributed by atoms with van der Waals surface area (Å²) < 4.78 is 18.4. The normalized spacial score (nSPS) is 14.7. The molecule has 0 amide bonds. The topological polar surface area (TPSA) is 46.5 Å². The van der Waals surface area contributed by atoms with Crippen LogP contribution < -0.4 is 5.32 Å². The lowest BCUT2D eigenvalue weighted by Crippen LogP contribution is -2.34. The van der Waals surface area contributed by atoms with Gasteiger partial charge in [-0.25, -0.2) is 9.37 Å². The fraction of sp³-hybridized carbons (Fsp3) is 0.333. The maximum Gasteiger partial charge on any atom is 0.160 e. The molecule has 0 aliphatic rings. The Morgan fingerprint density at radius 3 is 2.82 bits per heavy atom. The molecule has 1 N–H and O–H groups in total. The highest BCUT2D eigenvalue weighted by atomic mass is 35.5. The Labute approximate surface area is 138 Å². The molecule has 0 saturated carbocycles. The Morgan fingerprint density at radius 2 is 2.23 bits per heavy atom. The molecule has 0 radical (unpaired) electrons. The largest absolute Gasteiger partial charge is 0.362 e. The van der Waals surface area contributed by atoms with Crippen molar-refractivity contribution in [3.05, 3.63) is 51.2 Å². The van der Waals surface area contributed by atoms with Crippen molar-refractivity contribution in [1.29, 1.82) is 0 Å². The summed E-state index contributed by atoms with van der Waals surface area (Å²) in [6.45, 7) is 3.77. The maximum absolute atomic E-state index is 13.2. The Morgan fingerprint density at radius 1 is 1.45 bits per heavy atom. The number of halogens is 2. The van der Waals surface area contributed by atoms with Gasteiger partial charge in [-0.15, -0.1) is 11.3 Å². The lowest BCUT2D eigenvalue weighted by atomic mass is 10.1. The Bertz CT molecular complexity index is 648. The average Bonchev–Trinajstić information content (AvgIpc) is 3.00. The van der Waals surface area contributed by atoms with Crippen LogP contribution in [0, 0.1) is 5.82 Å². The van der Waals surface area contributed by atoms with Crippen LogP contribution in [0.1, 0.15) is 30.5 Å². The van der Waals surface area contributed by atoms with E-state index >= 15 is 0 Å². The van der Waals surface area contributed by atoms with Crippen LogP contribution in [0.2, 0.25) is 5.02 Å². The highest BCUT2D eigenvalue weighted by molar-refractivity contribution is 7.11. The number of rotatable bonds is 5. The average molecular weight is 342 g/mol. The highest BCUT2D eigenvalue weighted by Gasteiger charge is 2.14. The van der Waals surface area contributed by atoms with Crippen LogP contribution in [0.4, 0.5) is 4.39 Å². The zero-order chi connectivity index (χ0) is 16.1. The molecule has 0 spiro atoms. The molecular formula is C15H17ClFN3OS. The fourth-order valence-electron chi connectivity index (χ4n) is 1.85. The number of aromatic nitrogens is 1. The smallest absolute Gasteiger partial charge is 0.160 e. The van der Waals surface area contributed by atoms with Crippen LogP contribution in [0.5, 0.6) is 0 Å². The number of hydrogen-bond donors (Lipinski definition) is 1. The molecule has 0 bridgehead atoms. The molecule has 1 unspecified atom stereocenters. The van der Waals surface area contributed by atoms with E-state index in [1.54, 1.807) is 19.4 Å². The second-order valence-corrected chi connectivity index (χ2v) is 5.98. The third-order valence-corrected chi connectivity index (χ3v) is 4.17. The van der Waals surface area contributed by atoms with Gasteiger partial charge in [-0.3, -0.25) is 4.99 Å². The molecule has 1 heterocycles. The summed E-state index contributed by atoms with van der Waals surface area (Å²) in [4.78, 5) is 8.90. The summed E-state index contributed by atoms with van der Waals surface area (Å²) in [6.07, 6.45) is 1.50. The van der Waals surface area contributed by atoms with Gasteiger partial charge in [-0.2, -0.15) is 0 Å². The van der Waals surface area contributed by atoms with Crippen molar-refractivity contribution in [2.45, 2.75) is 26.1 Å². The first kappa shape index (κ1) is 16.9. The van der Waals surface area contributed by atoms with Crippen molar-refractivity contribution in [2.75, 3.05) is 7.11 Å². The molecule has 118 valence electrons. The van der Waals surface area contributed by atoms with E-state index in [1.807, 2.05) is 19.2 Å². The minimum Gasteiger partial charge on any atom is -0.362 e. The lowest BCUT2D eigenvalue weighted by Gasteiger charge is -2.16. The van der Waals surface area contributed by atoms with Gasteiger partial charge in [0, 0.05) is 23.7 Å². The lowest BCUT2D eigenvalue weighted by molar-refractivity contribution is 0.107. The first-order valence-corrected chi connectivity index (χ1v) is 7.99. The van der Waals surface area contributed by atoms with E-state index in [1.165, 1.54) is 23.5 Å². The molecular weight excluding hydrogens is 325 g/mol. The maximum atomic E-state index is 13.2. The molecule has 1 aromatic heterocycles. The van der Waals surface area contributed by atoms with E-state index in [4.69, 9.17) is 16.3 Å². The van der Waals surface area contributed by atoms with E-state index in [-0.39, 0.29) is 18.1 Å². The highest BCUT2D eigenvalue weighted by Crippen LogP contribution is 2.26. The first-order chi connectivity index (χ1) is 10.5. The number of thiazole rings is 1. The number of amidine groups is 1. The van der Waals surface area contributed by atoms with E-state index in [0.717, 1.165) is 10.6 Å². The van der Waals surface area contributed by atoms with Crippen LogP contribution in [-0.4, -0.2) is 24.2 Å². The fourth-order valence-corrected chi connectivity index (χ4v) is 2.77. The zero-order valence-electron chi connectivity index (χ0n) is 12.5. The van der Waals surface area contributed by atoms with Crippen molar-refractivity contribution < 1.29 is 9.13 Å². The van der Waals surface area contributed by atoms with Gasteiger partial charge in [-0.1, -0.05) is 17.7 Å². The molecule has 0 aliphatic heterocycles. The minimum absolute atomic E-state index is 0.210. The van der Waals surface area contributed by atoms with Gasteiger partial charge in [-0.05, 0) is 31.5 Å². The number of methoxy groups -OCH3 is 1. The number of ether oxygens (including phenoxy) is 1. The number of nitrogens with one attached hydrogen (secondary N) is 1. The summed E-state index contributed by atoms with van der Waals surface area (Å²) in [7, 11) is 1.61. The van der Waals surface area contributed by atoms with E-state index in [0.29, 0.717) is 10.9 Å². The van der Waals surface area contributed by atoms with Crippen LogP contribution >= 0.6 is 22.9 Å². The Kier molecular flexibility index (Phi) is 5.88. The summed E-state index contributed by atoms with van der Waals surface area (Å²) in [5, 5.41) is 6.15. The standard InChI is InChI=1S/C15H17ClFN3OS/c1-9(12-5-4-11(17)8-13(12)16)19-14(20-10(2)21-3)15-18-6-7-22-15/h4-10H,1-3H3,(H,19,20)/t9-,10?/m1/s1. The minimum atomic E-state index is -0.365. The number of hydrogen-bond acceptors (Lipinski definition) is 4. The zero-order valence-corrected chi connectivity index (χ0v) is 14.1. The molecule has 2 aromatic rings. The summed E-state index contributed by atoms with van der Waals surface area (Å²) >= 11 is 7.57. The molecule has 0 aliphatic carbocycles. The predicted octanol–water partition coefficient (Wildman–Crippen LogP) is 4.03. The molecule has 2 atom stereocenters. The summed E-state index contributed by atoms with van der Waals surface area (Å²) in [6, 6.07) is 4.06. The van der Waals surface area contributed by atoms with Crippen molar-refractivity contribution in [3.63, 3.8) is 0 Å². The first-order valence-electron chi connectivity index (χ1n) is 6.73. The second-order valence-electron chi connectivity index (χ2n) is 4.68. The number of aliphatic imine (C=N–C) groups is 1. The van der Waals surface area contributed by atoms with Crippen molar-refractivity contribution in [1.82, 2.24) is 10.3 Å².